The molecule has 3 heterocycles. The fourth-order valence-corrected chi connectivity index (χ4v) is 4.77. The number of hydrogen-bond acceptors (Lipinski definition) is 4. The number of piperidine rings is 1. The third kappa shape index (κ3) is 4.32. The minimum Gasteiger partial charge on any atom is -0.495 e. The number of ether oxygens (including phenoxy) is 2. The van der Waals surface area contributed by atoms with E-state index in [1.54, 1.807) is 18.3 Å². The number of hydrogen-bond donors (Lipinski definition) is 0. The van der Waals surface area contributed by atoms with Crippen LogP contribution in [0.1, 0.15) is 35.7 Å². The van der Waals surface area contributed by atoms with Gasteiger partial charge in [-0.05, 0) is 61.2 Å². The number of carbonyl (C=O) groups excluding carboxylic acids is 1. The summed E-state index contributed by atoms with van der Waals surface area (Å²) in [6, 6.07) is 6.55. The molecule has 35 heavy (non-hydrogen) atoms. The highest BCUT2D eigenvalue weighted by molar-refractivity contribution is 5.99. The molecule has 2 aromatic carbocycles. The maximum absolute atomic E-state index is 13.9. The monoisotopic (exact) mass is 483 g/mol. The molecule has 2 aliphatic rings. The molecule has 0 saturated carbocycles. The maximum Gasteiger partial charge on any atom is 0.250 e. The molecule has 1 aromatic heterocycles. The molecule has 2 aliphatic heterocycles. The van der Waals surface area contributed by atoms with Crippen molar-refractivity contribution in [1.29, 1.82) is 0 Å². The van der Waals surface area contributed by atoms with Gasteiger partial charge in [0.2, 0.25) is 0 Å². The van der Waals surface area contributed by atoms with Crippen molar-refractivity contribution in [3.63, 3.8) is 0 Å². The van der Waals surface area contributed by atoms with Crippen molar-refractivity contribution in [3.8, 4) is 11.4 Å². The molecule has 2 fully saturated rings. The summed E-state index contributed by atoms with van der Waals surface area (Å²) in [7, 11) is 1.58. The predicted molar refractivity (Wildman–Crippen MR) is 123 cm³/mol. The van der Waals surface area contributed by atoms with Crippen molar-refractivity contribution in [3.05, 3.63) is 82.7 Å². The lowest BCUT2D eigenvalue weighted by molar-refractivity contribution is -0.145. The number of carbonyl (C=O) groups is 1. The minimum atomic E-state index is -1.53. The van der Waals surface area contributed by atoms with Crippen molar-refractivity contribution in [2.45, 2.75) is 31.8 Å². The summed E-state index contributed by atoms with van der Waals surface area (Å²) < 4.78 is 54.4. The third-order valence-corrected chi connectivity index (χ3v) is 6.50. The zero-order valence-corrected chi connectivity index (χ0v) is 19.3. The fourth-order valence-electron chi connectivity index (χ4n) is 4.77. The Morgan fingerprint density at radius 3 is 2.60 bits per heavy atom. The van der Waals surface area contributed by atoms with Gasteiger partial charge >= 0.3 is 0 Å². The van der Waals surface area contributed by atoms with E-state index in [2.05, 4.69) is 4.98 Å². The number of halogens is 3. The zero-order valence-electron chi connectivity index (χ0n) is 19.3. The highest BCUT2D eigenvalue weighted by Gasteiger charge is 2.40. The smallest absolute Gasteiger partial charge is 0.250 e. The number of benzene rings is 2. The molecule has 0 radical (unpaired) electrons. The van der Waals surface area contributed by atoms with E-state index in [-0.39, 0.29) is 24.1 Å². The summed E-state index contributed by atoms with van der Waals surface area (Å²) in [6.07, 6.45) is 6.58. The Labute approximate surface area is 200 Å². The summed E-state index contributed by atoms with van der Waals surface area (Å²) in [5, 5.41) is 0. The number of methoxy groups -OCH3 is 1. The topological polar surface area (TPSA) is 56.6 Å². The second-order valence-electron chi connectivity index (χ2n) is 8.78. The Balaban J connectivity index is 1.46. The molecule has 3 aromatic rings. The van der Waals surface area contributed by atoms with Gasteiger partial charge in [-0.25, -0.2) is 18.2 Å². The average Bonchev–Trinajstić information content (AvgIpc) is 3.29. The molecule has 0 bridgehead atoms. The van der Waals surface area contributed by atoms with Crippen LogP contribution in [0.2, 0.25) is 0 Å². The molecule has 2 saturated heterocycles. The largest absolute Gasteiger partial charge is 0.495 e. The lowest BCUT2D eigenvalue weighted by Crippen LogP contribution is -2.53. The molecule has 0 unspecified atom stereocenters. The number of morpholine rings is 1. The standard InChI is InChI=1S/C26H24F3N3O3/c1-15-11-31(14-30-15)22-6-3-16(8-24(22)34-2)7-17-4-5-19-12-35-13-23(32(19)26(17)33)18-9-20(27)25(29)21(28)10-18/h3,6-11,14,19,23H,4-5,12-13H2,1-2H3/b17-7+/t19-,23-/m1/s1. The SMILES string of the molecule is COc1cc(/C=C2\CC[C@@H]3COC[C@H](c4cc(F)c(F)c(F)c4)N3C2=O)ccc1-n1cnc(C)c1. The highest BCUT2D eigenvalue weighted by atomic mass is 19.2. The summed E-state index contributed by atoms with van der Waals surface area (Å²) in [4.78, 5) is 19.4. The summed E-state index contributed by atoms with van der Waals surface area (Å²) in [5.41, 5.74) is 3.22. The van der Waals surface area contributed by atoms with Crippen LogP contribution in [0, 0.1) is 24.4 Å². The normalized spacial score (nSPS) is 21.3. The summed E-state index contributed by atoms with van der Waals surface area (Å²) >= 11 is 0. The zero-order chi connectivity index (χ0) is 24.7. The molecule has 2 atom stereocenters. The number of aryl methyl sites for hydroxylation is 1. The van der Waals surface area contributed by atoms with Gasteiger partial charge in [0.25, 0.3) is 5.91 Å². The second kappa shape index (κ2) is 9.22. The molecule has 182 valence electrons. The van der Waals surface area contributed by atoms with Crippen LogP contribution in [0.15, 0.2) is 48.4 Å². The van der Waals surface area contributed by atoms with Gasteiger partial charge < -0.3 is 18.9 Å². The van der Waals surface area contributed by atoms with Crippen LogP contribution in [0.25, 0.3) is 11.8 Å². The van der Waals surface area contributed by atoms with E-state index in [0.717, 1.165) is 29.1 Å². The van der Waals surface area contributed by atoms with Crippen LogP contribution in [0.5, 0.6) is 5.75 Å². The minimum absolute atomic E-state index is 0.0763. The number of imidazole rings is 1. The molecule has 5 rings (SSSR count). The lowest BCUT2D eigenvalue weighted by Gasteiger charge is -2.45. The van der Waals surface area contributed by atoms with Gasteiger partial charge in [0, 0.05) is 11.8 Å². The fraction of sp³-hybridized carbons (Fsp3) is 0.308. The van der Waals surface area contributed by atoms with Crippen LogP contribution in [-0.2, 0) is 9.53 Å². The summed E-state index contributed by atoms with van der Waals surface area (Å²) in [5.74, 6) is -3.71. The molecule has 0 aliphatic carbocycles. The quantitative estimate of drug-likeness (QED) is 0.397. The Bertz CT molecular complexity index is 1300. The molecule has 0 N–H and O–H groups in total. The molecule has 9 heteroatoms. The Morgan fingerprint density at radius 2 is 1.91 bits per heavy atom. The highest BCUT2D eigenvalue weighted by Crippen LogP contribution is 2.37. The van der Waals surface area contributed by atoms with Gasteiger partial charge in [-0.1, -0.05) is 6.07 Å². The lowest BCUT2D eigenvalue weighted by atomic mass is 9.91. The van der Waals surface area contributed by atoms with Crippen molar-refractivity contribution in [2.24, 2.45) is 0 Å². The number of fused-ring (bicyclic) bond motifs is 1. The van der Waals surface area contributed by atoms with E-state index in [0.29, 0.717) is 30.8 Å². The van der Waals surface area contributed by atoms with Gasteiger partial charge in [0.1, 0.15) is 5.75 Å². The Hall–Kier alpha value is -3.59. The van der Waals surface area contributed by atoms with Gasteiger partial charge in [0.15, 0.2) is 17.5 Å². The summed E-state index contributed by atoms with van der Waals surface area (Å²) in [6.45, 7) is 2.32. The van der Waals surface area contributed by atoms with Crippen molar-refractivity contribution < 1.29 is 27.4 Å². The first-order valence-corrected chi connectivity index (χ1v) is 11.3. The molecule has 6 nitrogen and oxygen atoms in total. The molecular weight excluding hydrogens is 459 g/mol. The van der Waals surface area contributed by atoms with Crippen LogP contribution in [0.3, 0.4) is 0 Å². The van der Waals surface area contributed by atoms with Crippen molar-refractivity contribution in [2.75, 3.05) is 20.3 Å². The number of amides is 1. The second-order valence-corrected chi connectivity index (χ2v) is 8.78. The van der Waals surface area contributed by atoms with Crippen molar-refractivity contribution in [1.82, 2.24) is 14.5 Å². The maximum atomic E-state index is 13.9. The first kappa shape index (κ1) is 23.2. The van der Waals surface area contributed by atoms with E-state index >= 15 is 0 Å². The molecule has 0 spiro atoms. The van der Waals surface area contributed by atoms with Gasteiger partial charge in [-0.15, -0.1) is 0 Å². The first-order chi connectivity index (χ1) is 16.9. The number of aromatic nitrogens is 2. The van der Waals surface area contributed by atoms with Gasteiger partial charge in [-0.3, -0.25) is 4.79 Å². The van der Waals surface area contributed by atoms with Crippen LogP contribution in [-0.4, -0.2) is 46.7 Å². The van der Waals surface area contributed by atoms with Crippen LogP contribution < -0.4 is 4.74 Å². The van der Waals surface area contributed by atoms with Gasteiger partial charge in [-0.2, -0.15) is 0 Å². The molecule has 1 amide bonds. The number of nitrogens with zero attached hydrogens (tertiary/aromatic N) is 3. The van der Waals surface area contributed by atoms with Crippen LogP contribution in [0.4, 0.5) is 13.2 Å². The van der Waals surface area contributed by atoms with E-state index in [9.17, 15) is 18.0 Å². The van der Waals surface area contributed by atoms with E-state index < -0.39 is 23.5 Å². The van der Waals surface area contributed by atoms with Crippen molar-refractivity contribution >= 4 is 12.0 Å². The number of rotatable bonds is 4. The average molecular weight is 483 g/mol. The van der Waals surface area contributed by atoms with Crippen LogP contribution >= 0.6 is 0 Å². The van der Waals surface area contributed by atoms with Gasteiger partial charge in [0.05, 0.1) is 50.1 Å². The predicted octanol–water partition coefficient (Wildman–Crippen LogP) is 4.75. The molecular formula is C26H24F3N3O3. The first-order valence-electron chi connectivity index (χ1n) is 11.3. The van der Waals surface area contributed by atoms with E-state index in [1.807, 2.05) is 42.0 Å². The Kier molecular flexibility index (Phi) is 6.10. The van der Waals surface area contributed by atoms with E-state index in [1.165, 1.54) is 0 Å². The Morgan fingerprint density at radius 1 is 1.14 bits per heavy atom. The van der Waals surface area contributed by atoms with E-state index in [4.69, 9.17) is 9.47 Å². The third-order valence-electron chi connectivity index (χ3n) is 6.50.